The van der Waals surface area contributed by atoms with E-state index in [4.69, 9.17) is 4.74 Å². The molecule has 0 aliphatic heterocycles. The molecule has 2 unspecified atom stereocenters. The number of carbonyl (C=O) groups is 1. The second kappa shape index (κ2) is 7.80. The number of hydrogen-bond donors (Lipinski definition) is 1. The van der Waals surface area contributed by atoms with E-state index in [0.717, 1.165) is 19.3 Å². The Hall–Kier alpha value is -0.570. The van der Waals surface area contributed by atoms with Crippen molar-refractivity contribution in [1.29, 1.82) is 0 Å². The first-order chi connectivity index (χ1) is 6.61. The van der Waals surface area contributed by atoms with E-state index in [-0.39, 0.29) is 18.5 Å². The molecular weight excluding hydrogens is 180 g/mol. The van der Waals surface area contributed by atoms with Crippen molar-refractivity contribution in [3.8, 4) is 0 Å². The minimum Gasteiger partial charge on any atom is -0.463 e. The number of aliphatic hydroxyl groups excluding tert-OH is 1. The van der Waals surface area contributed by atoms with Gasteiger partial charge in [-0.3, -0.25) is 4.79 Å². The van der Waals surface area contributed by atoms with Crippen LogP contribution in [0.15, 0.2) is 0 Å². The van der Waals surface area contributed by atoms with Crippen molar-refractivity contribution in [3.05, 3.63) is 0 Å². The molecule has 0 fully saturated rings. The first-order valence-corrected chi connectivity index (χ1v) is 5.46. The fourth-order valence-corrected chi connectivity index (χ4v) is 1.01. The minimum absolute atomic E-state index is 0.0617. The predicted molar refractivity (Wildman–Crippen MR) is 55.9 cm³/mol. The van der Waals surface area contributed by atoms with Crippen LogP contribution < -0.4 is 0 Å². The van der Waals surface area contributed by atoms with E-state index in [9.17, 15) is 9.90 Å². The summed E-state index contributed by atoms with van der Waals surface area (Å²) in [5, 5.41) is 9.41. The quantitative estimate of drug-likeness (QED) is 0.643. The molecule has 0 aliphatic carbocycles. The zero-order chi connectivity index (χ0) is 11.0. The molecular formula is C11H22O3. The van der Waals surface area contributed by atoms with Gasteiger partial charge in [-0.05, 0) is 12.8 Å². The van der Waals surface area contributed by atoms with Crippen LogP contribution in [0.2, 0.25) is 0 Å². The van der Waals surface area contributed by atoms with Gasteiger partial charge in [-0.2, -0.15) is 0 Å². The first-order valence-electron chi connectivity index (χ1n) is 5.46. The lowest BCUT2D eigenvalue weighted by Crippen LogP contribution is -2.22. The molecule has 3 heteroatoms. The average Bonchev–Trinajstić information content (AvgIpc) is 2.21. The summed E-state index contributed by atoms with van der Waals surface area (Å²) in [6, 6.07) is 0. The number of carbonyl (C=O) groups excluding carboxylic acids is 1. The molecule has 0 saturated carbocycles. The van der Waals surface area contributed by atoms with E-state index in [1.54, 1.807) is 0 Å². The summed E-state index contributed by atoms with van der Waals surface area (Å²) in [7, 11) is 0. The molecule has 1 N–H and O–H groups in total. The monoisotopic (exact) mass is 202 g/mol. The third-order valence-corrected chi connectivity index (χ3v) is 2.32. The van der Waals surface area contributed by atoms with Crippen molar-refractivity contribution in [2.75, 3.05) is 6.61 Å². The van der Waals surface area contributed by atoms with Gasteiger partial charge in [0.2, 0.25) is 0 Å². The van der Waals surface area contributed by atoms with Gasteiger partial charge in [-0.1, -0.05) is 33.6 Å². The maximum Gasteiger partial charge on any atom is 0.308 e. The van der Waals surface area contributed by atoms with E-state index >= 15 is 0 Å². The Morgan fingerprint density at radius 1 is 1.43 bits per heavy atom. The summed E-state index contributed by atoms with van der Waals surface area (Å²) in [6.07, 6.45) is 3.02. The smallest absolute Gasteiger partial charge is 0.308 e. The lowest BCUT2D eigenvalue weighted by molar-refractivity contribution is -0.151. The van der Waals surface area contributed by atoms with E-state index in [0.29, 0.717) is 6.42 Å². The Morgan fingerprint density at radius 2 is 2.07 bits per heavy atom. The Labute approximate surface area is 86.5 Å². The topological polar surface area (TPSA) is 46.5 Å². The molecule has 0 aromatic heterocycles. The van der Waals surface area contributed by atoms with Gasteiger partial charge in [-0.15, -0.1) is 0 Å². The predicted octanol–water partition coefficient (Wildman–Crippen LogP) is 2.13. The largest absolute Gasteiger partial charge is 0.463 e. The van der Waals surface area contributed by atoms with Crippen LogP contribution in [0.5, 0.6) is 0 Å². The molecule has 3 nitrogen and oxygen atoms in total. The van der Waals surface area contributed by atoms with Crippen molar-refractivity contribution in [3.63, 3.8) is 0 Å². The fourth-order valence-electron chi connectivity index (χ4n) is 1.01. The Morgan fingerprint density at radius 3 is 2.57 bits per heavy atom. The van der Waals surface area contributed by atoms with Crippen LogP contribution in [0.4, 0.5) is 0 Å². The number of ether oxygens (including phenoxy) is 1. The lowest BCUT2D eigenvalue weighted by atomic mass is 10.1. The highest BCUT2D eigenvalue weighted by Crippen LogP contribution is 2.05. The van der Waals surface area contributed by atoms with E-state index in [2.05, 4.69) is 6.92 Å². The van der Waals surface area contributed by atoms with Gasteiger partial charge in [0.25, 0.3) is 0 Å². The highest BCUT2D eigenvalue weighted by molar-refractivity contribution is 5.71. The Kier molecular flexibility index (Phi) is 7.48. The van der Waals surface area contributed by atoms with E-state index < -0.39 is 6.10 Å². The molecule has 0 amide bonds. The second-order valence-electron chi connectivity index (χ2n) is 3.74. The van der Waals surface area contributed by atoms with Crippen molar-refractivity contribution in [2.45, 2.75) is 52.6 Å². The second-order valence-corrected chi connectivity index (χ2v) is 3.74. The molecule has 0 aromatic carbocycles. The molecule has 0 spiro atoms. The molecule has 0 radical (unpaired) electrons. The summed E-state index contributed by atoms with van der Waals surface area (Å²) in [4.78, 5) is 11.2. The average molecular weight is 202 g/mol. The van der Waals surface area contributed by atoms with Crippen LogP contribution in [0, 0.1) is 5.92 Å². The van der Waals surface area contributed by atoms with Gasteiger partial charge in [0.1, 0.15) is 6.61 Å². The van der Waals surface area contributed by atoms with Gasteiger partial charge in [0.15, 0.2) is 0 Å². The van der Waals surface area contributed by atoms with Crippen molar-refractivity contribution in [1.82, 2.24) is 0 Å². The Balaban J connectivity index is 3.55. The molecule has 0 saturated heterocycles. The maximum absolute atomic E-state index is 11.2. The van der Waals surface area contributed by atoms with Gasteiger partial charge in [-0.25, -0.2) is 0 Å². The summed E-state index contributed by atoms with van der Waals surface area (Å²) in [5.41, 5.74) is 0. The molecule has 2 atom stereocenters. The number of rotatable bonds is 7. The Bertz CT molecular complexity index is 157. The highest BCUT2D eigenvalue weighted by Gasteiger charge is 2.13. The number of esters is 1. The lowest BCUT2D eigenvalue weighted by Gasteiger charge is -2.13. The maximum atomic E-state index is 11.2. The molecule has 0 bridgehead atoms. The number of hydrogen-bond acceptors (Lipinski definition) is 3. The summed E-state index contributed by atoms with van der Waals surface area (Å²) >= 11 is 0. The zero-order valence-electron chi connectivity index (χ0n) is 9.45. The van der Waals surface area contributed by atoms with E-state index in [1.807, 2.05) is 13.8 Å². The van der Waals surface area contributed by atoms with Crippen LogP contribution in [-0.4, -0.2) is 23.8 Å². The van der Waals surface area contributed by atoms with Gasteiger partial charge in [0.05, 0.1) is 12.0 Å². The van der Waals surface area contributed by atoms with Gasteiger partial charge < -0.3 is 9.84 Å². The summed E-state index contributed by atoms with van der Waals surface area (Å²) in [5.74, 6) is -0.267. The standard InChI is InChI=1S/C11H22O3/c1-4-6-7-10(12)8-14-11(13)9(3)5-2/h9-10,12H,4-8H2,1-3H3. The highest BCUT2D eigenvalue weighted by atomic mass is 16.5. The molecule has 0 rings (SSSR count). The third kappa shape index (κ3) is 5.97. The van der Waals surface area contributed by atoms with Crippen LogP contribution in [0.25, 0.3) is 0 Å². The van der Waals surface area contributed by atoms with Crippen molar-refractivity contribution in [2.24, 2.45) is 5.92 Å². The van der Waals surface area contributed by atoms with Crippen LogP contribution in [-0.2, 0) is 9.53 Å². The van der Waals surface area contributed by atoms with Gasteiger partial charge >= 0.3 is 5.97 Å². The summed E-state index contributed by atoms with van der Waals surface area (Å²) in [6.45, 7) is 5.99. The van der Waals surface area contributed by atoms with Crippen LogP contribution in [0.3, 0.4) is 0 Å². The third-order valence-electron chi connectivity index (χ3n) is 2.32. The van der Waals surface area contributed by atoms with E-state index in [1.165, 1.54) is 0 Å². The van der Waals surface area contributed by atoms with Crippen LogP contribution in [0.1, 0.15) is 46.5 Å². The molecule has 0 heterocycles. The first kappa shape index (κ1) is 13.4. The molecule has 14 heavy (non-hydrogen) atoms. The van der Waals surface area contributed by atoms with Crippen LogP contribution >= 0.6 is 0 Å². The fraction of sp³-hybridized carbons (Fsp3) is 0.909. The molecule has 84 valence electrons. The number of unbranched alkanes of at least 4 members (excludes halogenated alkanes) is 1. The molecule has 0 aliphatic rings. The normalized spacial score (nSPS) is 14.9. The van der Waals surface area contributed by atoms with Crippen molar-refractivity contribution < 1.29 is 14.6 Å². The summed E-state index contributed by atoms with van der Waals surface area (Å²) < 4.78 is 4.96. The molecule has 0 aromatic rings. The minimum atomic E-state index is -0.497. The SMILES string of the molecule is CCCCC(O)COC(=O)C(C)CC. The van der Waals surface area contributed by atoms with Crippen molar-refractivity contribution >= 4 is 5.97 Å². The number of aliphatic hydroxyl groups is 1. The van der Waals surface area contributed by atoms with Gasteiger partial charge in [0, 0.05) is 0 Å². The zero-order valence-corrected chi connectivity index (χ0v) is 9.45.